The van der Waals surface area contributed by atoms with E-state index in [1.165, 1.54) is 5.56 Å². The van der Waals surface area contributed by atoms with E-state index in [4.69, 9.17) is 0 Å². The van der Waals surface area contributed by atoms with Crippen LogP contribution in [-0.2, 0) is 24.7 Å². The number of aromatic nitrogens is 2. The normalized spacial score (nSPS) is 17.3. The standard InChI is InChI=1S/C16H20N4O/c1-3-13-14(10-20(2)19-13)18-16(21)15-12-7-5-4-6-11(12)8-9-17-15/h4-7,10,15,17H,3,8-9H2,1-2H3,(H,18,21). The highest BCUT2D eigenvalue weighted by Gasteiger charge is 2.26. The van der Waals surface area contributed by atoms with E-state index in [1.807, 2.05) is 38.4 Å². The summed E-state index contributed by atoms with van der Waals surface area (Å²) in [7, 11) is 1.86. The first-order valence-corrected chi connectivity index (χ1v) is 7.33. The molecule has 0 spiro atoms. The van der Waals surface area contributed by atoms with Gasteiger partial charge in [0.1, 0.15) is 6.04 Å². The van der Waals surface area contributed by atoms with Crippen LogP contribution in [0.15, 0.2) is 30.5 Å². The van der Waals surface area contributed by atoms with E-state index in [0.717, 1.165) is 36.3 Å². The summed E-state index contributed by atoms with van der Waals surface area (Å²) in [6, 6.07) is 7.83. The Morgan fingerprint density at radius 2 is 2.29 bits per heavy atom. The van der Waals surface area contributed by atoms with Crippen LogP contribution in [0.1, 0.15) is 29.8 Å². The van der Waals surface area contributed by atoms with Gasteiger partial charge in [0.15, 0.2) is 0 Å². The molecule has 0 fully saturated rings. The second-order valence-electron chi connectivity index (χ2n) is 5.34. The monoisotopic (exact) mass is 284 g/mol. The summed E-state index contributed by atoms with van der Waals surface area (Å²) in [5.74, 6) is -0.0233. The van der Waals surface area contributed by atoms with E-state index in [0.29, 0.717) is 0 Å². The molecule has 2 N–H and O–H groups in total. The fraction of sp³-hybridized carbons (Fsp3) is 0.375. The first kappa shape index (κ1) is 13.8. The average Bonchev–Trinajstić information content (AvgIpc) is 2.86. The van der Waals surface area contributed by atoms with Crippen molar-refractivity contribution in [1.82, 2.24) is 15.1 Å². The molecule has 21 heavy (non-hydrogen) atoms. The van der Waals surface area contributed by atoms with E-state index >= 15 is 0 Å². The number of hydrogen-bond acceptors (Lipinski definition) is 3. The number of nitrogens with zero attached hydrogens (tertiary/aromatic N) is 2. The van der Waals surface area contributed by atoms with Gasteiger partial charge in [-0.3, -0.25) is 9.48 Å². The van der Waals surface area contributed by atoms with Crippen LogP contribution >= 0.6 is 0 Å². The first-order chi connectivity index (χ1) is 10.2. The second-order valence-corrected chi connectivity index (χ2v) is 5.34. The Hall–Kier alpha value is -2.14. The molecule has 1 aromatic heterocycles. The van der Waals surface area contributed by atoms with Gasteiger partial charge in [-0.2, -0.15) is 5.10 Å². The number of anilines is 1. The Labute approximate surface area is 124 Å². The number of rotatable bonds is 3. The van der Waals surface area contributed by atoms with Gasteiger partial charge in [0.05, 0.1) is 11.4 Å². The highest BCUT2D eigenvalue weighted by molar-refractivity contribution is 5.96. The molecule has 5 heteroatoms. The van der Waals surface area contributed by atoms with E-state index < -0.39 is 0 Å². The maximum atomic E-state index is 12.6. The van der Waals surface area contributed by atoms with Crippen molar-refractivity contribution >= 4 is 11.6 Å². The zero-order chi connectivity index (χ0) is 14.8. The Balaban J connectivity index is 1.83. The van der Waals surface area contributed by atoms with Crippen molar-refractivity contribution in [3.05, 3.63) is 47.3 Å². The van der Waals surface area contributed by atoms with Crippen molar-refractivity contribution < 1.29 is 4.79 Å². The summed E-state index contributed by atoms with van der Waals surface area (Å²) in [5, 5.41) is 10.7. The Morgan fingerprint density at radius 3 is 3.10 bits per heavy atom. The summed E-state index contributed by atoms with van der Waals surface area (Å²) in [6.45, 7) is 2.86. The van der Waals surface area contributed by atoms with Crippen LogP contribution < -0.4 is 10.6 Å². The second kappa shape index (κ2) is 5.69. The molecule has 0 saturated heterocycles. The summed E-state index contributed by atoms with van der Waals surface area (Å²) in [6.07, 6.45) is 3.61. The van der Waals surface area contributed by atoms with Crippen molar-refractivity contribution in [2.24, 2.45) is 7.05 Å². The summed E-state index contributed by atoms with van der Waals surface area (Å²) < 4.78 is 1.73. The number of aryl methyl sites for hydroxylation is 2. The number of nitrogens with one attached hydrogen (secondary N) is 2. The van der Waals surface area contributed by atoms with E-state index in [-0.39, 0.29) is 11.9 Å². The van der Waals surface area contributed by atoms with Gasteiger partial charge < -0.3 is 10.6 Å². The van der Waals surface area contributed by atoms with Gasteiger partial charge in [-0.1, -0.05) is 31.2 Å². The lowest BCUT2D eigenvalue weighted by Gasteiger charge is -2.25. The van der Waals surface area contributed by atoms with Crippen LogP contribution in [0.2, 0.25) is 0 Å². The van der Waals surface area contributed by atoms with Crippen LogP contribution in [0.5, 0.6) is 0 Å². The SMILES string of the molecule is CCc1nn(C)cc1NC(=O)C1NCCc2ccccc21. The minimum atomic E-state index is -0.292. The Kier molecular flexibility index (Phi) is 3.75. The number of benzene rings is 1. The lowest BCUT2D eigenvalue weighted by molar-refractivity contribution is -0.118. The maximum absolute atomic E-state index is 12.6. The lowest BCUT2D eigenvalue weighted by Crippen LogP contribution is -2.38. The van der Waals surface area contributed by atoms with E-state index in [9.17, 15) is 4.79 Å². The van der Waals surface area contributed by atoms with Crippen LogP contribution in [0.4, 0.5) is 5.69 Å². The third-order valence-corrected chi connectivity index (χ3v) is 3.87. The van der Waals surface area contributed by atoms with Crippen LogP contribution in [0.25, 0.3) is 0 Å². The average molecular weight is 284 g/mol. The molecule has 0 bridgehead atoms. The molecule has 2 aromatic rings. The zero-order valence-corrected chi connectivity index (χ0v) is 12.4. The molecule has 1 unspecified atom stereocenters. The molecule has 1 aliphatic rings. The van der Waals surface area contributed by atoms with Gasteiger partial charge in [0.2, 0.25) is 5.91 Å². The number of fused-ring (bicyclic) bond motifs is 1. The smallest absolute Gasteiger partial charge is 0.246 e. The molecular weight excluding hydrogens is 264 g/mol. The first-order valence-electron chi connectivity index (χ1n) is 7.33. The van der Waals surface area contributed by atoms with Crippen molar-refractivity contribution in [1.29, 1.82) is 0 Å². The number of carbonyl (C=O) groups is 1. The third kappa shape index (κ3) is 2.69. The zero-order valence-electron chi connectivity index (χ0n) is 12.4. The van der Waals surface area contributed by atoms with Gasteiger partial charge in [-0.15, -0.1) is 0 Å². The fourth-order valence-electron chi connectivity index (χ4n) is 2.84. The molecule has 5 nitrogen and oxygen atoms in total. The van der Waals surface area contributed by atoms with Gasteiger partial charge in [-0.05, 0) is 24.0 Å². The third-order valence-electron chi connectivity index (χ3n) is 3.87. The minimum absolute atomic E-state index is 0.0233. The molecule has 0 aliphatic carbocycles. The van der Waals surface area contributed by atoms with Gasteiger partial charge in [0.25, 0.3) is 0 Å². The summed E-state index contributed by atoms with van der Waals surface area (Å²) >= 11 is 0. The predicted octanol–water partition coefficient (Wildman–Crippen LogP) is 1.81. The molecule has 3 rings (SSSR count). The Morgan fingerprint density at radius 1 is 1.48 bits per heavy atom. The van der Waals surface area contributed by atoms with Crippen molar-refractivity contribution in [2.75, 3.05) is 11.9 Å². The molecular formula is C16H20N4O. The highest BCUT2D eigenvalue weighted by atomic mass is 16.2. The minimum Gasteiger partial charge on any atom is -0.322 e. The van der Waals surface area contributed by atoms with Gasteiger partial charge >= 0.3 is 0 Å². The number of carbonyl (C=O) groups excluding carboxylic acids is 1. The number of hydrogen-bond donors (Lipinski definition) is 2. The van der Waals surface area contributed by atoms with Crippen molar-refractivity contribution in [3.63, 3.8) is 0 Å². The van der Waals surface area contributed by atoms with Gasteiger partial charge in [-0.25, -0.2) is 0 Å². The van der Waals surface area contributed by atoms with Crippen LogP contribution in [0.3, 0.4) is 0 Å². The molecule has 1 aromatic carbocycles. The van der Waals surface area contributed by atoms with E-state index in [1.54, 1.807) is 4.68 Å². The molecule has 110 valence electrons. The fourth-order valence-corrected chi connectivity index (χ4v) is 2.84. The quantitative estimate of drug-likeness (QED) is 0.903. The summed E-state index contributed by atoms with van der Waals surface area (Å²) in [5.41, 5.74) is 4.03. The molecule has 2 heterocycles. The topological polar surface area (TPSA) is 59.0 Å². The van der Waals surface area contributed by atoms with Crippen molar-refractivity contribution in [3.8, 4) is 0 Å². The van der Waals surface area contributed by atoms with E-state index in [2.05, 4.69) is 21.8 Å². The lowest BCUT2D eigenvalue weighted by atomic mass is 9.94. The molecule has 1 aliphatic heterocycles. The summed E-state index contributed by atoms with van der Waals surface area (Å²) in [4.78, 5) is 12.6. The number of amides is 1. The molecule has 0 radical (unpaired) electrons. The largest absolute Gasteiger partial charge is 0.322 e. The predicted molar refractivity (Wildman–Crippen MR) is 82.1 cm³/mol. The molecule has 1 atom stereocenters. The van der Waals surface area contributed by atoms with Crippen LogP contribution in [-0.4, -0.2) is 22.2 Å². The van der Waals surface area contributed by atoms with Crippen LogP contribution in [0, 0.1) is 0 Å². The highest BCUT2D eigenvalue weighted by Crippen LogP contribution is 2.24. The Bertz CT molecular complexity index is 662. The van der Waals surface area contributed by atoms with Crippen molar-refractivity contribution in [2.45, 2.75) is 25.8 Å². The molecule has 0 saturated carbocycles. The van der Waals surface area contributed by atoms with Gasteiger partial charge in [0, 0.05) is 19.8 Å². The molecule has 1 amide bonds. The maximum Gasteiger partial charge on any atom is 0.246 e.